The highest BCUT2D eigenvalue weighted by molar-refractivity contribution is 5.60. The fraction of sp³-hybridized carbons (Fsp3) is 0.273. The van der Waals surface area contributed by atoms with Crippen molar-refractivity contribution in [1.29, 1.82) is 0 Å². The van der Waals surface area contributed by atoms with Crippen molar-refractivity contribution >= 4 is 0 Å². The Bertz CT molecular complexity index is 820. The van der Waals surface area contributed by atoms with Gasteiger partial charge in [0.05, 0.1) is 17.4 Å². The molecule has 1 aromatic carbocycles. The van der Waals surface area contributed by atoms with Gasteiger partial charge in [0.25, 0.3) is 0 Å². The van der Waals surface area contributed by atoms with Gasteiger partial charge in [-0.15, -0.1) is 0 Å². The summed E-state index contributed by atoms with van der Waals surface area (Å²) in [5, 5.41) is 0. The van der Waals surface area contributed by atoms with Gasteiger partial charge < -0.3 is 0 Å². The molecule has 1 aliphatic heterocycles. The zero-order valence-electron chi connectivity index (χ0n) is 15.6. The highest BCUT2D eigenvalue weighted by Gasteiger charge is 2.42. The molecule has 4 rings (SSSR count). The summed E-state index contributed by atoms with van der Waals surface area (Å²) in [6.45, 7) is 7.11. The van der Waals surface area contributed by atoms with E-state index in [0.29, 0.717) is 0 Å². The first-order valence-corrected chi connectivity index (χ1v) is 9.19. The maximum atomic E-state index is 4.55. The van der Waals surface area contributed by atoms with Crippen molar-refractivity contribution < 1.29 is 0 Å². The Hall–Kier alpha value is -2.56. The number of hydrogen-bond donors (Lipinski definition) is 2. The maximum Gasteiger partial charge on any atom is 0.0741 e. The third-order valence-electron chi connectivity index (χ3n) is 4.81. The second-order valence-corrected chi connectivity index (χ2v) is 6.40. The fourth-order valence-corrected chi connectivity index (χ4v) is 3.37. The number of nitrogens with one attached hydrogen (secondary N) is 2. The van der Waals surface area contributed by atoms with Gasteiger partial charge >= 0.3 is 0 Å². The normalized spacial score (nSPS) is 21.7. The van der Waals surface area contributed by atoms with Gasteiger partial charge in [0, 0.05) is 29.9 Å². The molecule has 0 amide bonds. The summed E-state index contributed by atoms with van der Waals surface area (Å²) in [5.41, 5.74) is 11.0. The van der Waals surface area contributed by atoms with Crippen LogP contribution in [-0.4, -0.2) is 16.5 Å². The van der Waals surface area contributed by atoms with E-state index in [0.717, 1.165) is 23.5 Å². The van der Waals surface area contributed by atoms with Crippen LogP contribution >= 0.6 is 0 Å². The zero-order valence-corrected chi connectivity index (χ0v) is 15.6. The van der Waals surface area contributed by atoms with Gasteiger partial charge in [-0.2, -0.15) is 0 Å². The van der Waals surface area contributed by atoms with E-state index in [1.807, 2.05) is 56.6 Å². The minimum absolute atomic E-state index is 0.0964. The lowest BCUT2D eigenvalue weighted by atomic mass is 9.76. The highest BCUT2D eigenvalue weighted by Crippen LogP contribution is 2.39. The Morgan fingerprint density at radius 3 is 2.42 bits per heavy atom. The van der Waals surface area contributed by atoms with Gasteiger partial charge in [-0.25, -0.2) is 5.43 Å². The first kappa shape index (κ1) is 18.2. The molecule has 2 N–H and O–H groups in total. The predicted octanol–water partition coefficient (Wildman–Crippen LogP) is 4.28. The molecule has 3 heterocycles. The van der Waals surface area contributed by atoms with Gasteiger partial charge in [0.2, 0.25) is 0 Å². The largest absolute Gasteiger partial charge is 0.260 e. The molecule has 1 saturated heterocycles. The molecule has 2 aromatic heterocycles. The standard InChI is InChI=1S/C20H20N4.C2H6/c1-20(14-23-24-19(20)17-9-5-6-11-21-17)16-10-12-22-18(13-16)15-7-3-2-4-8-15;1-2/h2-13,19,23-24H,14H2,1H3;1-2H3. The van der Waals surface area contributed by atoms with E-state index in [4.69, 9.17) is 0 Å². The molecular weight excluding hydrogens is 320 g/mol. The molecule has 4 nitrogen and oxygen atoms in total. The molecule has 2 atom stereocenters. The van der Waals surface area contributed by atoms with E-state index >= 15 is 0 Å². The minimum Gasteiger partial charge on any atom is -0.260 e. The third-order valence-corrected chi connectivity index (χ3v) is 4.81. The fourth-order valence-electron chi connectivity index (χ4n) is 3.37. The van der Waals surface area contributed by atoms with E-state index in [-0.39, 0.29) is 11.5 Å². The van der Waals surface area contributed by atoms with Crippen LogP contribution in [0.2, 0.25) is 0 Å². The maximum absolute atomic E-state index is 4.55. The Morgan fingerprint density at radius 2 is 1.69 bits per heavy atom. The molecule has 1 aliphatic rings. The first-order valence-electron chi connectivity index (χ1n) is 9.19. The number of aromatic nitrogens is 2. The van der Waals surface area contributed by atoms with E-state index in [1.54, 1.807) is 0 Å². The number of hydrogen-bond acceptors (Lipinski definition) is 4. The monoisotopic (exact) mass is 346 g/mol. The second kappa shape index (κ2) is 8.21. The Balaban J connectivity index is 0.000000948. The summed E-state index contributed by atoms with van der Waals surface area (Å²) in [5.74, 6) is 0. The van der Waals surface area contributed by atoms with Crippen molar-refractivity contribution in [2.45, 2.75) is 32.2 Å². The average molecular weight is 346 g/mol. The van der Waals surface area contributed by atoms with E-state index in [2.05, 4.69) is 58.1 Å². The first-order chi connectivity index (χ1) is 12.8. The van der Waals surface area contributed by atoms with Crippen LogP contribution in [0.1, 0.15) is 38.1 Å². The summed E-state index contributed by atoms with van der Waals surface area (Å²) < 4.78 is 0. The van der Waals surface area contributed by atoms with Crippen LogP contribution in [0.4, 0.5) is 0 Å². The highest BCUT2D eigenvalue weighted by atomic mass is 15.4. The Labute approximate surface area is 155 Å². The predicted molar refractivity (Wildman–Crippen MR) is 106 cm³/mol. The summed E-state index contributed by atoms with van der Waals surface area (Å²) in [4.78, 5) is 9.10. The number of rotatable bonds is 3. The van der Waals surface area contributed by atoms with Crippen molar-refractivity contribution in [3.63, 3.8) is 0 Å². The van der Waals surface area contributed by atoms with E-state index < -0.39 is 0 Å². The van der Waals surface area contributed by atoms with Crippen LogP contribution in [0.3, 0.4) is 0 Å². The molecular formula is C22H26N4. The summed E-state index contributed by atoms with van der Waals surface area (Å²) in [7, 11) is 0. The summed E-state index contributed by atoms with van der Waals surface area (Å²) >= 11 is 0. The van der Waals surface area contributed by atoms with Crippen LogP contribution in [0.25, 0.3) is 11.3 Å². The van der Waals surface area contributed by atoms with Gasteiger partial charge in [0.1, 0.15) is 0 Å². The van der Waals surface area contributed by atoms with Crippen molar-refractivity contribution in [3.8, 4) is 11.3 Å². The number of nitrogens with zero attached hydrogens (tertiary/aromatic N) is 2. The lowest BCUT2D eigenvalue weighted by molar-refractivity contribution is 0.422. The molecule has 2 unspecified atom stereocenters. The molecule has 0 bridgehead atoms. The molecule has 4 heteroatoms. The third kappa shape index (κ3) is 3.52. The zero-order chi connectivity index (χ0) is 18.4. The molecule has 0 saturated carbocycles. The number of hydrazine groups is 1. The molecule has 26 heavy (non-hydrogen) atoms. The molecule has 0 aliphatic carbocycles. The lowest BCUT2D eigenvalue weighted by Crippen LogP contribution is -2.32. The van der Waals surface area contributed by atoms with Crippen LogP contribution in [-0.2, 0) is 5.41 Å². The summed E-state index contributed by atoms with van der Waals surface area (Å²) in [6.07, 6.45) is 3.74. The number of pyridine rings is 2. The average Bonchev–Trinajstić information content (AvgIpc) is 3.14. The second-order valence-electron chi connectivity index (χ2n) is 6.40. The van der Waals surface area contributed by atoms with Crippen LogP contribution in [0.15, 0.2) is 73.1 Å². The topological polar surface area (TPSA) is 49.8 Å². The lowest BCUT2D eigenvalue weighted by Gasteiger charge is -2.30. The van der Waals surface area contributed by atoms with Gasteiger partial charge in [-0.3, -0.25) is 15.4 Å². The number of benzene rings is 1. The van der Waals surface area contributed by atoms with Gasteiger partial charge in [0.15, 0.2) is 0 Å². The van der Waals surface area contributed by atoms with E-state index in [1.165, 1.54) is 5.56 Å². The molecule has 3 aromatic rings. The van der Waals surface area contributed by atoms with Crippen molar-refractivity contribution in [2.24, 2.45) is 0 Å². The molecule has 1 fully saturated rings. The minimum atomic E-state index is -0.0964. The van der Waals surface area contributed by atoms with Crippen LogP contribution in [0.5, 0.6) is 0 Å². The molecule has 0 spiro atoms. The van der Waals surface area contributed by atoms with Crippen LogP contribution in [0, 0.1) is 0 Å². The van der Waals surface area contributed by atoms with Crippen molar-refractivity contribution in [2.75, 3.05) is 6.54 Å². The van der Waals surface area contributed by atoms with Crippen molar-refractivity contribution in [1.82, 2.24) is 20.8 Å². The molecule has 134 valence electrons. The smallest absolute Gasteiger partial charge is 0.0741 e. The van der Waals surface area contributed by atoms with Gasteiger partial charge in [-0.1, -0.05) is 57.2 Å². The molecule has 0 radical (unpaired) electrons. The quantitative estimate of drug-likeness (QED) is 0.743. The Morgan fingerprint density at radius 1 is 0.923 bits per heavy atom. The van der Waals surface area contributed by atoms with Crippen molar-refractivity contribution in [3.05, 3.63) is 84.3 Å². The van der Waals surface area contributed by atoms with Gasteiger partial charge in [-0.05, 0) is 29.8 Å². The van der Waals surface area contributed by atoms with Crippen LogP contribution < -0.4 is 10.9 Å². The van der Waals surface area contributed by atoms with E-state index in [9.17, 15) is 0 Å². The summed E-state index contributed by atoms with van der Waals surface area (Å²) in [6, 6.07) is 20.8. The SMILES string of the molecule is CC.CC1(c2ccnc(-c3ccccc3)c2)CNNC1c1ccccn1. The Kier molecular flexibility index (Phi) is 5.76.